The maximum Gasteiger partial charge on any atom is 0.328 e. The SMILES string of the molecule is CN(C)C(=O)n1c(C(=O)N2CCC(N(C)C)CC2)cc2c1c1ccccc1n2CC1CC1. The van der Waals surface area contributed by atoms with Crippen molar-refractivity contribution < 1.29 is 9.59 Å². The molecule has 7 nitrogen and oxygen atoms in total. The molecule has 1 saturated heterocycles. The topological polar surface area (TPSA) is 53.7 Å². The molecule has 2 aromatic heterocycles. The summed E-state index contributed by atoms with van der Waals surface area (Å²) in [6, 6.07) is 10.5. The molecule has 3 heterocycles. The summed E-state index contributed by atoms with van der Waals surface area (Å²) in [5.41, 5.74) is 3.45. The lowest BCUT2D eigenvalue weighted by molar-refractivity contribution is 0.0654. The van der Waals surface area contributed by atoms with E-state index in [-0.39, 0.29) is 11.9 Å². The molecule has 0 unspecified atom stereocenters. The minimum Gasteiger partial charge on any atom is -0.339 e. The summed E-state index contributed by atoms with van der Waals surface area (Å²) in [5.74, 6) is 0.641. The van der Waals surface area contributed by atoms with Crippen LogP contribution in [0.4, 0.5) is 4.79 Å². The lowest BCUT2D eigenvalue weighted by Crippen LogP contribution is -2.45. The Balaban J connectivity index is 1.63. The molecule has 1 aromatic carbocycles. The van der Waals surface area contributed by atoms with E-state index in [1.54, 1.807) is 23.6 Å². The van der Waals surface area contributed by atoms with Crippen LogP contribution in [0.25, 0.3) is 21.9 Å². The summed E-state index contributed by atoms with van der Waals surface area (Å²) in [6.07, 6.45) is 4.41. The van der Waals surface area contributed by atoms with Crippen LogP contribution < -0.4 is 0 Å². The van der Waals surface area contributed by atoms with Crippen molar-refractivity contribution in [3.8, 4) is 0 Å². The molecular weight excluding hydrogens is 402 g/mol. The number of carbonyl (C=O) groups is 2. The van der Waals surface area contributed by atoms with Gasteiger partial charge < -0.3 is 19.3 Å². The maximum atomic E-state index is 13.7. The van der Waals surface area contributed by atoms with Crippen LogP contribution in [0.5, 0.6) is 0 Å². The van der Waals surface area contributed by atoms with Gasteiger partial charge in [-0.25, -0.2) is 4.79 Å². The van der Waals surface area contributed by atoms with E-state index in [0.29, 0.717) is 17.7 Å². The number of amides is 2. The molecule has 3 aromatic rings. The van der Waals surface area contributed by atoms with E-state index in [2.05, 4.69) is 35.7 Å². The number of hydrogen-bond donors (Lipinski definition) is 0. The quantitative estimate of drug-likeness (QED) is 0.628. The van der Waals surface area contributed by atoms with Gasteiger partial charge in [0.25, 0.3) is 5.91 Å². The fourth-order valence-electron chi connectivity index (χ4n) is 5.06. The number of para-hydroxylation sites is 1. The second-order valence-corrected chi connectivity index (χ2v) is 9.83. The van der Waals surface area contributed by atoms with Crippen molar-refractivity contribution in [3.63, 3.8) is 0 Å². The highest BCUT2D eigenvalue weighted by molar-refractivity contribution is 6.14. The second-order valence-electron chi connectivity index (χ2n) is 9.83. The Morgan fingerprint density at radius 2 is 1.66 bits per heavy atom. The first-order valence-electron chi connectivity index (χ1n) is 11.7. The Hall–Kier alpha value is -2.80. The van der Waals surface area contributed by atoms with Gasteiger partial charge in [-0.1, -0.05) is 18.2 Å². The molecule has 5 rings (SSSR count). The third kappa shape index (κ3) is 3.48. The van der Waals surface area contributed by atoms with Gasteiger partial charge in [0.2, 0.25) is 0 Å². The summed E-state index contributed by atoms with van der Waals surface area (Å²) >= 11 is 0. The van der Waals surface area contributed by atoms with Gasteiger partial charge in [-0.05, 0) is 57.8 Å². The van der Waals surface area contributed by atoms with Crippen LogP contribution in [-0.4, -0.2) is 83.1 Å². The van der Waals surface area contributed by atoms with Gasteiger partial charge in [0.1, 0.15) is 5.69 Å². The van der Waals surface area contributed by atoms with E-state index in [1.165, 1.54) is 12.8 Å². The monoisotopic (exact) mass is 435 g/mol. The summed E-state index contributed by atoms with van der Waals surface area (Å²) < 4.78 is 3.97. The number of piperidine rings is 1. The minimum atomic E-state index is -0.180. The number of nitrogens with zero attached hydrogens (tertiary/aromatic N) is 5. The Bertz CT molecular complexity index is 1180. The molecule has 1 aliphatic carbocycles. The smallest absolute Gasteiger partial charge is 0.328 e. The van der Waals surface area contributed by atoms with Crippen molar-refractivity contribution in [1.29, 1.82) is 0 Å². The number of benzene rings is 1. The van der Waals surface area contributed by atoms with Gasteiger partial charge in [0.05, 0.1) is 16.6 Å². The molecule has 2 aliphatic rings. The van der Waals surface area contributed by atoms with Gasteiger partial charge in [0.15, 0.2) is 0 Å². The van der Waals surface area contributed by atoms with E-state index in [1.807, 2.05) is 23.1 Å². The normalized spacial score (nSPS) is 17.6. The second kappa shape index (κ2) is 7.96. The summed E-state index contributed by atoms with van der Waals surface area (Å²) in [4.78, 5) is 32.8. The molecule has 1 saturated carbocycles. The summed E-state index contributed by atoms with van der Waals surface area (Å²) in [7, 11) is 7.68. The first kappa shape index (κ1) is 21.1. The van der Waals surface area contributed by atoms with E-state index in [0.717, 1.165) is 54.4 Å². The van der Waals surface area contributed by atoms with Crippen LogP contribution in [-0.2, 0) is 6.54 Å². The predicted octanol–water partition coefficient (Wildman–Crippen LogP) is 3.70. The third-order valence-electron chi connectivity index (χ3n) is 7.13. The minimum absolute atomic E-state index is 0.0457. The Morgan fingerprint density at radius 3 is 2.28 bits per heavy atom. The molecule has 0 atom stereocenters. The fourth-order valence-corrected chi connectivity index (χ4v) is 5.06. The van der Waals surface area contributed by atoms with Crippen LogP contribution in [0.1, 0.15) is 36.2 Å². The predicted molar refractivity (Wildman–Crippen MR) is 127 cm³/mol. The van der Waals surface area contributed by atoms with Crippen molar-refractivity contribution in [2.45, 2.75) is 38.3 Å². The van der Waals surface area contributed by atoms with Crippen molar-refractivity contribution in [2.24, 2.45) is 5.92 Å². The Labute approximate surface area is 189 Å². The third-order valence-corrected chi connectivity index (χ3v) is 7.13. The zero-order valence-corrected chi connectivity index (χ0v) is 19.5. The van der Waals surface area contributed by atoms with E-state index >= 15 is 0 Å². The van der Waals surface area contributed by atoms with E-state index in [4.69, 9.17) is 0 Å². The molecule has 1 aliphatic heterocycles. The molecule has 0 radical (unpaired) electrons. The van der Waals surface area contributed by atoms with Gasteiger partial charge in [0, 0.05) is 45.2 Å². The highest BCUT2D eigenvalue weighted by Gasteiger charge is 2.32. The van der Waals surface area contributed by atoms with Gasteiger partial charge >= 0.3 is 6.03 Å². The molecule has 0 bridgehead atoms. The Kier molecular flexibility index (Phi) is 5.24. The first-order chi connectivity index (χ1) is 15.4. The van der Waals surface area contributed by atoms with Crippen LogP contribution in [0, 0.1) is 5.92 Å². The molecule has 7 heteroatoms. The van der Waals surface area contributed by atoms with Crippen LogP contribution in [0.15, 0.2) is 30.3 Å². The molecule has 2 fully saturated rings. The molecule has 170 valence electrons. The van der Waals surface area contributed by atoms with E-state index < -0.39 is 0 Å². The molecule has 0 N–H and O–H groups in total. The van der Waals surface area contributed by atoms with E-state index in [9.17, 15) is 9.59 Å². The van der Waals surface area contributed by atoms with Crippen molar-refractivity contribution in [1.82, 2.24) is 23.8 Å². The van der Waals surface area contributed by atoms with Crippen LogP contribution >= 0.6 is 0 Å². The van der Waals surface area contributed by atoms with Gasteiger partial charge in [-0.2, -0.15) is 0 Å². The van der Waals surface area contributed by atoms with Crippen molar-refractivity contribution in [2.75, 3.05) is 41.3 Å². The maximum absolute atomic E-state index is 13.7. The van der Waals surface area contributed by atoms with Crippen molar-refractivity contribution >= 4 is 33.9 Å². The summed E-state index contributed by atoms with van der Waals surface area (Å²) in [6.45, 7) is 2.37. The fraction of sp³-hybridized carbons (Fsp3) is 0.520. The largest absolute Gasteiger partial charge is 0.339 e. The van der Waals surface area contributed by atoms with Crippen molar-refractivity contribution in [3.05, 3.63) is 36.0 Å². The molecule has 0 spiro atoms. The number of rotatable bonds is 4. The van der Waals surface area contributed by atoms with Gasteiger partial charge in [-0.15, -0.1) is 0 Å². The number of likely N-dealkylation sites (tertiary alicyclic amines) is 1. The standard InChI is InChI=1S/C25H33N5O2/c1-26(2)18-11-13-28(14-12-18)24(31)22-15-21-23(30(22)25(32)27(3)4)19-7-5-6-8-20(19)29(21)16-17-9-10-17/h5-8,15,17-18H,9-14,16H2,1-4H3. The molecule has 32 heavy (non-hydrogen) atoms. The Morgan fingerprint density at radius 1 is 0.969 bits per heavy atom. The average molecular weight is 436 g/mol. The number of aromatic nitrogens is 2. The highest BCUT2D eigenvalue weighted by atomic mass is 16.2. The number of carbonyl (C=O) groups excluding carboxylic acids is 2. The summed E-state index contributed by atoms with van der Waals surface area (Å²) in [5, 5.41) is 1.03. The zero-order chi connectivity index (χ0) is 22.6. The number of hydrogen-bond acceptors (Lipinski definition) is 3. The highest BCUT2D eigenvalue weighted by Crippen LogP contribution is 2.37. The molecular formula is C25H33N5O2. The average Bonchev–Trinajstić information content (AvgIpc) is 3.46. The lowest BCUT2D eigenvalue weighted by Gasteiger charge is -2.35. The van der Waals surface area contributed by atoms with Crippen LogP contribution in [0.3, 0.4) is 0 Å². The van der Waals surface area contributed by atoms with Crippen LogP contribution in [0.2, 0.25) is 0 Å². The zero-order valence-electron chi connectivity index (χ0n) is 19.5. The number of fused-ring (bicyclic) bond motifs is 3. The lowest BCUT2D eigenvalue weighted by atomic mass is 10.0. The first-order valence-corrected chi connectivity index (χ1v) is 11.7. The van der Waals surface area contributed by atoms with Gasteiger partial charge in [-0.3, -0.25) is 9.36 Å². The molecule has 2 amide bonds.